The molecule has 0 saturated carbocycles. The van der Waals surface area contributed by atoms with E-state index in [1.807, 2.05) is 60.7 Å². The maximum absolute atomic E-state index is 5.85. The summed E-state index contributed by atoms with van der Waals surface area (Å²) in [6, 6.07) is 65.8. The second kappa shape index (κ2) is 12.3. The molecule has 196 valence electrons. The topological polar surface area (TPSA) is 11.3 Å². The fraction of sp³-hybridized carbons (Fsp3) is 0. The van der Waals surface area contributed by atoms with Crippen molar-refractivity contribution in [3.05, 3.63) is 188 Å². The highest BCUT2D eigenvalue weighted by Gasteiger charge is 2.31. The van der Waals surface area contributed by atoms with Gasteiger partial charge in [0.25, 0.3) is 0 Å². The Bertz CT molecular complexity index is 1640. The van der Waals surface area contributed by atoms with Crippen LogP contribution in [0.5, 0.6) is 0 Å². The first kappa shape index (κ1) is 26.0. The van der Waals surface area contributed by atoms with E-state index in [1.165, 1.54) is 21.9 Å². The van der Waals surface area contributed by atoms with Gasteiger partial charge < -0.3 is 0 Å². The molecule has 1 heterocycles. The molecule has 0 aliphatic carbocycles. The van der Waals surface area contributed by atoms with E-state index in [0.29, 0.717) is 0 Å². The molecule has 2 heteroatoms. The van der Waals surface area contributed by atoms with Crippen molar-refractivity contribution in [1.82, 2.24) is 0 Å². The number of fused-ring (bicyclic) bond motifs is 1. The number of para-hydroxylation sites is 1. The number of benzene rings is 6. The first-order chi connectivity index (χ1) is 20.4. The molecule has 1 aromatic heterocycles. The van der Waals surface area contributed by atoms with Crippen molar-refractivity contribution < 1.29 is 4.42 Å². The molecule has 0 bridgehead atoms. The Kier molecular flexibility index (Phi) is 7.82. The van der Waals surface area contributed by atoms with Gasteiger partial charge in [-0.25, -0.2) is 4.42 Å². The van der Waals surface area contributed by atoms with Crippen LogP contribution in [-0.2, 0) is 0 Å². The Hall–Kier alpha value is -5.21. The summed E-state index contributed by atoms with van der Waals surface area (Å²) in [5, 5.41) is 1.13. The predicted molar refractivity (Wildman–Crippen MR) is 176 cm³/mol. The molecular formula is C39H31BO. The van der Waals surface area contributed by atoms with Crippen LogP contribution in [0.4, 0.5) is 0 Å². The molecule has 0 saturated heterocycles. The minimum absolute atomic E-state index is 0.902. The van der Waals surface area contributed by atoms with Gasteiger partial charge in [-0.2, -0.15) is 21.9 Å². The van der Waals surface area contributed by atoms with Crippen molar-refractivity contribution in [1.29, 1.82) is 0 Å². The van der Waals surface area contributed by atoms with Crippen LogP contribution in [0, 0.1) is 0 Å². The summed E-state index contributed by atoms with van der Waals surface area (Å²) in [7, 11) is 0. The van der Waals surface area contributed by atoms with E-state index in [1.54, 1.807) is 0 Å². The maximum Gasteiger partial charge on any atom is 0.360 e. The Balaban J connectivity index is 0.000000162. The third kappa shape index (κ3) is 5.46. The molecule has 0 fully saturated rings. The summed E-state index contributed by atoms with van der Waals surface area (Å²) in [6.07, 6.45) is -1.22. The molecule has 0 N–H and O–H groups in total. The van der Waals surface area contributed by atoms with Crippen LogP contribution in [-0.4, -0.2) is 6.15 Å². The lowest BCUT2D eigenvalue weighted by molar-refractivity contribution is 0.620. The van der Waals surface area contributed by atoms with Crippen molar-refractivity contribution in [3.63, 3.8) is 0 Å². The van der Waals surface area contributed by atoms with Crippen LogP contribution in [0.15, 0.2) is 192 Å². The normalized spacial score (nSPS) is 10.9. The van der Waals surface area contributed by atoms with Gasteiger partial charge in [-0.05, 0) is 24.3 Å². The molecule has 0 spiro atoms. The lowest BCUT2D eigenvalue weighted by atomic mass is 9.13. The van der Waals surface area contributed by atoms with Crippen molar-refractivity contribution in [2.24, 2.45) is 0 Å². The highest BCUT2D eigenvalue weighted by atomic mass is 16.3. The highest BCUT2D eigenvalue weighted by Crippen LogP contribution is 2.23. The lowest BCUT2D eigenvalue weighted by Crippen LogP contribution is -2.74. The van der Waals surface area contributed by atoms with E-state index in [4.69, 9.17) is 4.42 Å². The zero-order chi connectivity index (χ0) is 27.7. The van der Waals surface area contributed by atoms with Gasteiger partial charge in [0, 0.05) is 12.1 Å². The Morgan fingerprint density at radius 1 is 0.317 bits per heavy atom. The number of hydrogen-bond acceptors (Lipinski definition) is 0. The average molecular weight is 526 g/mol. The fourth-order valence-electron chi connectivity index (χ4n) is 5.91. The maximum atomic E-state index is 5.85. The zero-order valence-electron chi connectivity index (χ0n) is 22.9. The zero-order valence-corrected chi connectivity index (χ0v) is 22.9. The van der Waals surface area contributed by atoms with E-state index in [-0.39, 0.29) is 0 Å². The summed E-state index contributed by atoms with van der Waals surface area (Å²) in [6.45, 7) is 0. The summed E-state index contributed by atoms with van der Waals surface area (Å²) < 4.78 is 5.85. The molecule has 7 rings (SSSR count). The van der Waals surface area contributed by atoms with E-state index < -0.39 is 6.15 Å². The number of rotatable bonds is 5. The van der Waals surface area contributed by atoms with Crippen LogP contribution >= 0.6 is 0 Å². The molecule has 0 unspecified atom stereocenters. The van der Waals surface area contributed by atoms with Crippen LogP contribution < -0.4 is 21.9 Å². The Morgan fingerprint density at radius 2 is 0.683 bits per heavy atom. The third-order valence-corrected chi connectivity index (χ3v) is 7.81. The van der Waals surface area contributed by atoms with Crippen LogP contribution in [0.2, 0.25) is 0 Å². The summed E-state index contributed by atoms with van der Waals surface area (Å²) >= 11 is 0. The van der Waals surface area contributed by atoms with Gasteiger partial charge in [-0.1, -0.05) is 152 Å². The Morgan fingerprint density at radius 3 is 1.12 bits per heavy atom. The van der Waals surface area contributed by atoms with E-state index in [9.17, 15) is 0 Å². The Labute approximate surface area is 242 Å². The largest absolute Gasteiger partial charge is 0.360 e. The van der Waals surface area contributed by atoms with Crippen molar-refractivity contribution in [3.8, 4) is 11.3 Å². The van der Waals surface area contributed by atoms with Gasteiger partial charge in [-0.15, -0.1) is 0 Å². The molecule has 0 atom stereocenters. The van der Waals surface area contributed by atoms with E-state index in [0.717, 1.165) is 22.3 Å². The average Bonchev–Trinajstić information content (AvgIpc) is 3.08. The van der Waals surface area contributed by atoms with E-state index >= 15 is 0 Å². The van der Waals surface area contributed by atoms with Crippen LogP contribution in [0.3, 0.4) is 0 Å². The predicted octanol–water partition coefficient (Wildman–Crippen LogP) is 7.44. The molecule has 0 aliphatic rings. The SMILES string of the molecule is c1ccc(-c2ccc3ccccc3[o+]2)cc1.c1ccc([B-](c2ccccc2)(c2ccccc2)c2ccccc2)cc1. The lowest BCUT2D eigenvalue weighted by Gasteiger charge is -2.44. The van der Waals surface area contributed by atoms with Gasteiger partial charge >= 0.3 is 11.3 Å². The monoisotopic (exact) mass is 526 g/mol. The smallest absolute Gasteiger partial charge is 0.207 e. The fourth-order valence-corrected chi connectivity index (χ4v) is 5.91. The second-order valence-electron chi connectivity index (χ2n) is 10.2. The van der Waals surface area contributed by atoms with Gasteiger partial charge in [0.05, 0.1) is 10.9 Å². The summed E-state index contributed by atoms with van der Waals surface area (Å²) in [5.41, 5.74) is 7.38. The molecular weight excluding hydrogens is 495 g/mol. The van der Waals surface area contributed by atoms with Crippen LogP contribution in [0.1, 0.15) is 0 Å². The quantitative estimate of drug-likeness (QED) is 0.168. The van der Waals surface area contributed by atoms with Gasteiger partial charge in [0.15, 0.2) is 0 Å². The van der Waals surface area contributed by atoms with Crippen molar-refractivity contribution in [2.45, 2.75) is 0 Å². The first-order valence-corrected chi connectivity index (χ1v) is 14.1. The van der Waals surface area contributed by atoms with Crippen molar-refractivity contribution in [2.75, 3.05) is 0 Å². The molecule has 0 amide bonds. The molecule has 1 nitrogen and oxygen atoms in total. The second-order valence-corrected chi connectivity index (χ2v) is 10.2. The standard InChI is InChI=1S/C24H20B.C15H11O/c1-5-13-21(14-6-1)25(22-15-7-2-8-16-22,23-17-9-3-10-18-23)24-19-11-4-12-20-24;1-2-6-12(7-3-1)15-11-10-13-8-4-5-9-14(13)16-15/h1-20H;1-11H/q-1;+1. The van der Waals surface area contributed by atoms with E-state index in [2.05, 4.69) is 127 Å². The minimum atomic E-state index is -1.22. The first-order valence-electron chi connectivity index (χ1n) is 14.1. The molecule has 6 aromatic carbocycles. The molecule has 41 heavy (non-hydrogen) atoms. The van der Waals surface area contributed by atoms with Gasteiger partial charge in [-0.3, -0.25) is 0 Å². The third-order valence-electron chi connectivity index (χ3n) is 7.81. The number of hydrogen-bond donors (Lipinski definition) is 0. The molecule has 7 aromatic rings. The molecule has 0 radical (unpaired) electrons. The van der Waals surface area contributed by atoms with Crippen LogP contribution in [0.25, 0.3) is 22.3 Å². The summed E-state index contributed by atoms with van der Waals surface area (Å²) in [4.78, 5) is 0. The van der Waals surface area contributed by atoms with Gasteiger partial charge in [0.1, 0.15) is 6.15 Å². The highest BCUT2D eigenvalue weighted by molar-refractivity contribution is 7.19. The molecule has 0 aliphatic heterocycles. The van der Waals surface area contributed by atoms with Gasteiger partial charge in [0.2, 0.25) is 0 Å². The summed E-state index contributed by atoms with van der Waals surface area (Å²) in [5.74, 6) is 0.902. The minimum Gasteiger partial charge on any atom is -0.207 e. The van der Waals surface area contributed by atoms with Crippen molar-refractivity contribution >= 4 is 39.0 Å².